The van der Waals surface area contributed by atoms with Crippen molar-refractivity contribution in [3.05, 3.63) is 0 Å². The Morgan fingerprint density at radius 2 is 1.50 bits per heavy atom. The monoisotopic (exact) mass is 534 g/mol. The molecule has 10 nitrogen and oxygen atoms in total. The van der Waals surface area contributed by atoms with Crippen molar-refractivity contribution in [1.29, 1.82) is 0 Å². The first-order valence-corrected chi connectivity index (χ1v) is 13.6. The van der Waals surface area contributed by atoms with Gasteiger partial charge in [0.15, 0.2) is 0 Å². The maximum Gasteiger partial charge on any atom is 0.304 e. The molecule has 3 unspecified atom stereocenters. The number of carbonyl (C=O) groups is 5. The van der Waals surface area contributed by atoms with Crippen LogP contribution in [0.2, 0.25) is 0 Å². The molecule has 1 spiro atoms. The highest BCUT2D eigenvalue weighted by Gasteiger charge is 2.83. The molecule has 5 rings (SSSR count). The van der Waals surface area contributed by atoms with Gasteiger partial charge >= 0.3 is 23.9 Å². The van der Waals surface area contributed by atoms with E-state index in [9.17, 15) is 24.0 Å². The molecule has 38 heavy (non-hydrogen) atoms. The Hall–Kier alpha value is -2.49. The Bertz CT molecular complexity index is 1070. The van der Waals surface area contributed by atoms with E-state index >= 15 is 0 Å². The van der Waals surface area contributed by atoms with Gasteiger partial charge in [0, 0.05) is 50.9 Å². The van der Waals surface area contributed by atoms with E-state index in [1.54, 1.807) is 6.92 Å². The molecule has 5 fully saturated rings. The topological polar surface area (TPSA) is 132 Å². The number of hydrogen-bond donors (Lipinski definition) is 0. The largest absolute Gasteiger partial charge is 0.462 e. The number of rotatable bonds is 4. The molecular formula is C28H38O10. The lowest BCUT2D eigenvalue weighted by atomic mass is 9.37. The van der Waals surface area contributed by atoms with Crippen molar-refractivity contribution in [3.8, 4) is 0 Å². The van der Waals surface area contributed by atoms with E-state index in [2.05, 4.69) is 6.92 Å². The van der Waals surface area contributed by atoms with Crippen molar-refractivity contribution >= 4 is 29.7 Å². The zero-order valence-electron chi connectivity index (χ0n) is 22.9. The van der Waals surface area contributed by atoms with Crippen LogP contribution in [0.3, 0.4) is 0 Å². The van der Waals surface area contributed by atoms with Gasteiger partial charge < -0.3 is 23.7 Å². The lowest BCUT2D eigenvalue weighted by Gasteiger charge is -2.70. The zero-order valence-corrected chi connectivity index (χ0v) is 22.9. The van der Waals surface area contributed by atoms with Gasteiger partial charge in [-0.25, -0.2) is 0 Å². The normalized spacial score (nSPS) is 46.7. The van der Waals surface area contributed by atoms with Crippen LogP contribution < -0.4 is 0 Å². The molecule has 4 aliphatic carbocycles. The Morgan fingerprint density at radius 1 is 0.868 bits per heavy atom. The van der Waals surface area contributed by atoms with E-state index in [0.29, 0.717) is 25.9 Å². The van der Waals surface area contributed by atoms with Crippen molar-refractivity contribution in [2.45, 2.75) is 98.2 Å². The summed E-state index contributed by atoms with van der Waals surface area (Å²) in [5.41, 5.74) is -2.75. The molecule has 5 aliphatic rings. The number of ketones is 1. The second kappa shape index (κ2) is 9.03. The highest BCUT2D eigenvalue weighted by molar-refractivity contribution is 5.93. The number of carbonyl (C=O) groups excluding carboxylic acids is 5. The minimum absolute atomic E-state index is 0.168. The highest BCUT2D eigenvalue weighted by atomic mass is 16.7. The van der Waals surface area contributed by atoms with E-state index in [1.807, 2.05) is 0 Å². The van der Waals surface area contributed by atoms with Gasteiger partial charge in [0.05, 0.1) is 6.61 Å². The Morgan fingerprint density at radius 3 is 2.11 bits per heavy atom. The number of hydrogen-bond acceptors (Lipinski definition) is 10. The van der Waals surface area contributed by atoms with E-state index < -0.39 is 77.1 Å². The first-order valence-electron chi connectivity index (χ1n) is 13.6. The van der Waals surface area contributed by atoms with Gasteiger partial charge in [0.25, 0.3) is 0 Å². The Balaban J connectivity index is 1.81. The first kappa shape index (κ1) is 27.1. The second-order valence-electron chi connectivity index (χ2n) is 12.4. The van der Waals surface area contributed by atoms with Crippen LogP contribution in [0.1, 0.15) is 73.6 Å². The van der Waals surface area contributed by atoms with Gasteiger partial charge in [0.1, 0.15) is 29.5 Å². The van der Waals surface area contributed by atoms with Gasteiger partial charge in [-0.15, -0.1) is 0 Å². The standard InChI is InChI=1S/C28H38O10/c1-13-18-10-19(35-14(2)29)22-27-9-7-8-26(6,12-34-25(27)38-17(5)32)20(27)11-21(36-15(3)30)28(22,23(13)33)24(18)37-16(4)31/h13,18-22,24-25H,7-12H2,1-6H3/t13-,18+,19+,20-,21?,22+,24-,25?,26+,27+,28?/m1/s1. The summed E-state index contributed by atoms with van der Waals surface area (Å²) in [6, 6.07) is 0. The molecule has 0 N–H and O–H groups in total. The summed E-state index contributed by atoms with van der Waals surface area (Å²) in [5, 5.41) is 0. The molecule has 210 valence electrons. The van der Waals surface area contributed by atoms with Crippen LogP contribution in [0.4, 0.5) is 0 Å². The molecule has 11 atom stereocenters. The third-order valence-corrected chi connectivity index (χ3v) is 10.3. The van der Waals surface area contributed by atoms with Crippen LogP contribution in [0.5, 0.6) is 0 Å². The maximum atomic E-state index is 14.5. The van der Waals surface area contributed by atoms with Crippen LogP contribution in [0.25, 0.3) is 0 Å². The number of fused-ring (bicyclic) bond motifs is 1. The molecule has 4 saturated carbocycles. The average molecular weight is 535 g/mol. The van der Waals surface area contributed by atoms with Gasteiger partial charge in [-0.2, -0.15) is 0 Å². The van der Waals surface area contributed by atoms with Gasteiger partial charge in [-0.05, 0) is 37.0 Å². The summed E-state index contributed by atoms with van der Waals surface area (Å²) >= 11 is 0. The molecule has 1 heterocycles. The number of esters is 4. The molecule has 0 aromatic carbocycles. The summed E-state index contributed by atoms with van der Waals surface area (Å²) in [6.45, 7) is 9.49. The highest BCUT2D eigenvalue weighted by Crippen LogP contribution is 2.75. The fourth-order valence-corrected chi connectivity index (χ4v) is 9.49. The zero-order chi connectivity index (χ0) is 27.8. The Kier molecular flexibility index (Phi) is 6.44. The quantitative estimate of drug-likeness (QED) is 0.392. The predicted molar refractivity (Wildman–Crippen MR) is 129 cm³/mol. The molecule has 10 heteroatoms. The number of ether oxygens (including phenoxy) is 5. The predicted octanol–water partition coefficient (Wildman–Crippen LogP) is 2.74. The van der Waals surface area contributed by atoms with Crippen molar-refractivity contribution in [3.63, 3.8) is 0 Å². The van der Waals surface area contributed by atoms with Crippen LogP contribution in [-0.4, -0.2) is 60.9 Å². The third-order valence-electron chi connectivity index (χ3n) is 10.3. The smallest absolute Gasteiger partial charge is 0.304 e. The molecule has 0 aromatic rings. The van der Waals surface area contributed by atoms with Crippen molar-refractivity contribution in [2.24, 2.45) is 39.9 Å². The fraction of sp³-hybridized carbons (Fsp3) is 0.821. The molecule has 1 aliphatic heterocycles. The second-order valence-corrected chi connectivity index (χ2v) is 12.4. The minimum atomic E-state index is -1.48. The molecule has 0 amide bonds. The van der Waals surface area contributed by atoms with Crippen LogP contribution in [0, 0.1) is 39.9 Å². The Labute approximate surface area is 222 Å². The van der Waals surface area contributed by atoms with Crippen LogP contribution in [-0.2, 0) is 47.7 Å². The van der Waals surface area contributed by atoms with E-state index in [-0.39, 0.29) is 17.1 Å². The SMILES string of the molecule is CC(=O)OC1C[C@@H]2[C@@]3(C)CCC[C@@]2(C(OC(C)=O)OC3)[C@@H]2[C@@H](OC(C)=O)C[C@@H]3[C@@H](OC(C)=O)C12C(=O)[C@@H]3C. The van der Waals surface area contributed by atoms with Crippen molar-refractivity contribution in [2.75, 3.05) is 6.61 Å². The summed E-state index contributed by atoms with van der Waals surface area (Å²) in [5.74, 6) is -4.17. The number of Topliss-reactive ketones (excluding diaryl/α,β-unsaturated/α-hetero) is 1. The first-order chi connectivity index (χ1) is 17.8. The third kappa shape index (κ3) is 3.58. The van der Waals surface area contributed by atoms with Crippen LogP contribution >= 0.6 is 0 Å². The van der Waals surface area contributed by atoms with Gasteiger partial charge in [-0.1, -0.05) is 20.3 Å². The fourth-order valence-electron chi connectivity index (χ4n) is 9.49. The van der Waals surface area contributed by atoms with E-state index in [0.717, 1.165) is 12.8 Å². The summed E-state index contributed by atoms with van der Waals surface area (Å²) in [7, 11) is 0. The van der Waals surface area contributed by atoms with Crippen LogP contribution in [0.15, 0.2) is 0 Å². The maximum absolute atomic E-state index is 14.5. The van der Waals surface area contributed by atoms with Gasteiger partial charge in [-0.3, -0.25) is 24.0 Å². The van der Waals surface area contributed by atoms with Crippen molar-refractivity contribution in [1.82, 2.24) is 0 Å². The molecular weight excluding hydrogens is 496 g/mol. The molecule has 0 radical (unpaired) electrons. The average Bonchev–Trinajstić information content (AvgIpc) is 2.91. The molecule has 4 bridgehead atoms. The summed E-state index contributed by atoms with van der Waals surface area (Å²) in [4.78, 5) is 64.3. The van der Waals surface area contributed by atoms with Gasteiger partial charge in [0.2, 0.25) is 6.29 Å². The van der Waals surface area contributed by atoms with Crippen molar-refractivity contribution < 1.29 is 47.7 Å². The van der Waals surface area contributed by atoms with E-state index in [1.165, 1.54) is 27.7 Å². The summed E-state index contributed by atoms with van der Waals surface area (Å²) < 4.78 is 30.1. The lowest BCUT2D eigenvalue weighted by molar-refractivity contribution is -0.359. The lowest BCUT2D eigenvalue weighted by Crippen LogP contribution is -2.76. The molecule has 1 saturated heterocycles. The van der Waals surface area contributed by atoms with E-state index in [4.69, 9.17) is 23.7 Å². The molecule has 0 aromatic heterocycles. The minimum Gasteiger partial charge on any atom is -0.462 e. The summed E-state index contributed by atoms with van der Waals surface area (Å²) in [6.07, 6.45) is -0.719.